The minimum atomic E-state index is 0.205. The minimum absolute atomic E-state index is 0.205. The van der Waals surface area contributed by atoms with E-state index >= 15 is 0 Å². The highest BCUT2D eigenvalue weighted by Crippen LogP contribution is 2.22. The van der Waals surface area contributed by atoms with Crippen molar-refractivity contribution in [3.05, 3.63) is 24.2 Å². The van der Waals surface area contributed by atoms with Crippen molar-refractivity contribution in [1.82, 2.24) is 10.2 Å². The topological polar surface area (TPSA) is 37.6 Å². The van der Waals surface area contributed by atoms with Crippen molar-refractivity contribution in [2.24, 2.45) is 0 Å². The Morgan fingerprint density at radius 2 is 2.50 bits per heavy atom. The molecule has 2 unspecified atom stereocenters. The van der Waals surface area contributed by atoms with Crippen molar-refractivity contribution >= 4 is 0 Å². The molecule has 0 saturated carbocycles. The van der Waals surface area contributed by atoms with E-state index in [9.17, 15) is 0 Å². The maximum absolute atomic E-state index is 5.84. The van der Waals surface area contributed by atoms with Gasteiger partial charge in [-0.05, 0) is 19.7 Å². The van der Waals surface area contributed by atoms with Crippen LogP contribution in [0.15, 0.2) is 23.0 Å². The monoisotopic (exact) mass is 224 g/mol. The zero-order valence-corrected chi connectivity index (χ0v) is 9.98. The number of furan rings is 1. The van der Waals surface area contributed by atoms with Crippen LogP contribution in [0.2, 0.25) is 0 Å². The van der Waals surface area contributed by atoms with E-state index in [0.29, 0.717) is 0 Å². The Morgan fingerprint density at radius 3 is 3.12 bits per heavy atom. The van der Waals surface area contributed by atoms with Crippen LogP contribution in [-0.2, 0) is 4.74 Å². The van der Waals surface area contributed by atoms with E-state index in [1.165, 1.54) is 0 Å². The molecule has 1 aromatic rings. The highest BCUT2D eigenvalue weighted by molar-refractivity contribution is 5.13. The molecule has 0 bridgehead atoms. The third-order valence-electron chi connectivity index (χ3n) is 3.21. The van der Waals surface area contributed by atoms with Crippen molar-refractivity contribution in [3.63, 3.8) is 0 Å². The predicted octanol–water partition coefficient (Wildman–Crippen LogP) is 1.26. The normalized spacial score (nSPS) is 24.5. The molecule has 1 aromatic heterocycles. The second-order valence-corrected chi connectivity index (χ2v) is 4.13. The first-order chi connectivity index (χ1) is 7.85. The zero-order chi connectivity index (χ0) is 11.4. The summed E-state index contributed by atoms with van der Waals surface area (Å²) >= 11 is 0. The summed E-state index contributed by atoms with van der Waals surface area (Å²) in [5, 5.41) is 3.31. The molecule has 0 radical (unpaired) electrons. The van der Waals surface area contributed by atoms with Crippen molar-refractivity contribution < 1.29 is 9.15 Å². The lowest BCUT2D eigenvalue weighted by atomic mass is 10.0. The number of nitrogens with one attached hydrogen (secondary N) is 1. The molecule has 1 fully saturated rings. The molecule has 0 spiro atoms. The molecule has 4 heteroatoms. The van der Waals surface area contributed by atoms with Gasteiger partial charge in [-0.3, -0.25) is 4.90 Å². The van der Waals surface area contributed by atoms with Gasteiger partial charge in [0.1, 0.15) is 0 Å². The fraction of sp³-hybridized carbons (Fsp3) is 0.667. The molecule has 1 N–H and O–H groups in total. The molecule has 0 aliphatic carbocycles. The first-order valence-corrected chi connectivity index (χ1v) is 5.88. The Balaban J connectivity index is 2.03. The van der Waals surface area contributed by atoms with Crippen LogP contribution in [0, 0.1) is 0 Å². The summed E-state index contributed by atoms with van der Waals surface area (Å²) in [4.78, 5) is 2.42. The lowest BCUT2D eigenvalue weighted by molar-refractivity contribution is -0.0445. The number of hydrogen-bond donors (Lipinski definition) is 1. The zero-order valence-electron chi connectivity index (χ0n) is 9.98. The molecule has 1 aliphatic heterocycles. The molecule has 90 valence electrons. The number of ether oxygens (including phenoxy) is 1. The summed E-state index contributed by atoms with van der Waals surface area (Å²) in [5.41, 5.74) is 1.16. The lowest BCUT2D eigenvalue weighted by Crippen LogP contribution is -2.47. The number of hydrogen-bond acceptors (Lipinski definition) is 4. The average molecular weight is 224 g/mol. The third kappa shape index (κ3) is 2.45. The summed E-state index contributed by atoms with van der Waals surface area (Å²) in [6, 6.07) is 2.21. The maximum atomic E-state index is 5.84. The van der Waals surface area contributed by atoms with E-state index in [-0.39, 0.29) is 12.1 Å². The van der Waals surface area contributed by atoms with Crippen LogP contribution < -0.4 is 5.32 Å². The van der Waals surface area contributed by atoms with Crippen LogP contribution in [-0.4, -0.2) is 44.3 Å². The standard InChI is InChI=1S/C12H20N2O2/c1-3-14-5-7-16-11(8-14)12(13-2)10-4-6-15-9-10/h4,6,9,11-13H,3,5,7-8H2,1-2H3. The van der Waals surface area contributed by atoms with Gasteiger partial charge in [0, 0.05) is 18.7 Å². The number of morpholine rings is 1. The van der Waals surface area contributed by atoms with E-state index in [4.69, 9.17) is 9.15 Å². The number of rotatable bonds is 4. The van der Waals surface area contributed by atoms with Gasteiger partial charge in [0.2, 0.25) is 0 Å². The Labute approximate surface area is 96.6 Å². The van der Waals surface area contributed by atoms with Gasteiger partial charge in [-0.2, -0.15) is 0 Å². The van der Waals surface area contributed by atoms with Gasteiger partial charge in [-0.15, -0.1) is 0 Å². The van der Waals surface area contributed by atoms with Crippen molar-refractivity contribution in [3.8, 4) is 0 Å². The minimum Gasteiger partial charge on any atom is -0.472 e. The fourth-order valence-corrected chi connectivity index (χ4v) is 2.24. The van der Waals surface area contributed by atoms with Gasteiger partial charge in [-0.1, -0.05) is 6.92 Å². The molecule has 0 amide bonds. The number of nitrogens with zero attached hydrogens (tertiary/aromatic N) is 1. The predicted molar refractivity (Wildman–Crippen MR) is 62.4 cm³/mol. The molecule has 2 rings (SSSR count). The second kappa shape index (κ2) is 5.48. The Hall–Kier alpha value is -0.840. The summed E-state index contributed by atoms with van der Waals surface area (Å²) < 4.78 is 11.0. The van der Waals surface area contributed by atoms with Crippen molar-refractivity contribution in [2.75, 3.05) is 33.3 Å². The van der Waals surface area contributed by atoms with Crippen molar-refractivity contribution in [1.29, 1.82) is 0 Å². The lowest BCUT2D eigenvalue weighted by Gasteiger charge is -2.36. The Bertz CT molecular complexity index is 300. The molecule has 1 saturated heterocycles. The van der Waals surface area contributed by atoms with Gasteiger partial charge in [0.25, 0.3) is 0 Å². The van der Waals surface area contributed by atoms with E-state index in [0.717, 1.165) is 31.8 Å². The van der Waals surface area contributed by atoms with E-state index in [1.807, 2.05) is 13.1 Å². The van der Waals surface area contributed by atoms with Gasteiger partial charge < -0.3 is 14.5 Å². The van der Waals surface area contributed by atoms with Crippen LogP contribution in [0.3, 0.4) is 0 Å². The highest BCUT2D eigenvalue weighted by atomic mass is 16.5. The number of likely N-dealkylation sites (N-methyl/N-ethyl adjacent to an activating group) is 2. The first-order valence-electron chi connectivity index (χ1n) is 5.88. The Kier molecular flexibility index (Phi) is 3.98. The summed E-state index contributed by atoms with van der Waals surface area (Å²) in [6.07, 6.45) is 3.70. The maximum Gasteiger partial charge on any atom is 0.0951 e. The molecule has 0 aromatic carbocycles. The van der Waals surface area contributed by atoms with Crippen LogP contribution >= 0.6 is 0 Å². The van der Waals surface area contributed by atoms with E-state index < -0.39 is 0 Å². The highest BCUT2D eigenvalue weighted by Gasteiger charge is 2.28. The SMILES string of the molecule is CCN1CCOC(C(NC)c2ccoc2)C1. The molecular formula is C12H20N2O2. The van der Waals surface area contributed by atoms with Crippen LogP contribution in [0.1, 0.15) is 18.5 Å². The van der Waals surface area contributed by atoms with Gasteiger partial charge in [0.05, 0.1) is 31.3 Å². The molecule has 2 atom stereocenters. The summed E-state index contributed by atoms with van der Waals surface area (Å²) in [7, 11) is 1.96. The van der Waals surface area contributed by atoms with E-state index in [2.05, 4.69) is 17.1 Å². The Morgan fingerprint density at radius 1 is 1.62 bits per heavy atom. The average Bonchev–Trinajstić information content (AvgIpc) is 2.84. The van der Waals surface area contributed by atoms with Crippen molar-refractivity contribution in [2.45, 2.75) is 19.1 Å². The smallest absolute Gasteiger partial charge is 0.0951 e. The molecule has 2 heterocycles. The van der Waals surface area contributed by atoms with Crippen LogP contribution in [0.4, 0.5) is 0 Å². The van der Waals surface area contributed by atoms with Crippen LogP contribution in [0.5, 0.6) is 0 Å². The first kappa shape index (κ1) is 11.6. The van der Waals surface area contributed by atoms with Gasteiger partial charge >= 0.3 is 0 Å². The molecule has 4 nitrogen and oxygen atoms in total. The quantitative estimate of drug-likeness (QED) is 0.835. The third-order valence-corrected chi connectivity index (χ3v) is 3.21. The summed E-state index contributed by atoms with van der Waals surface area (Å²) in [6.45, 7) is 6.10. The molecule has 1 aliphatic rings. The fourth-order valence-electron chi connectivity index (χ4n) is 2.24. The van der Waals surface area contributed by atoms with Gasteiger partial charge in [0.15, 0.2) is 0 Å². The molecular weight excluding hydrogens is 204 g/mol. The molecule has 16 heavy (non-hydrogen) atoms. The second-order valence-electron chi connectivity index (χ2n) is 4.13. The summed E-state index contributed by atoms with van der Waals surface area (Å²) in [5.74, 6) is 0. The van der Waals surface area contributed by atoms with Gasteiger partial charge in [-0.25, -0.2) is 0 Å². The van der Waals surface area contributed by atoms with Crippen LogP contribution in [0.25, 0.3) is 0 Å². The van der Waals surface area contributed by atoms with E-state index in [1.54, 1.807) is 12.5 Å². The largest absolute Gasteiger partial charge is 0.472 e.